The Bertz CT molecular complexity index is 435. The van der Waals surface area contributed by atoms with E-state index in [1.165, 1.54) is 12.8 Å². The minimum absolute atomic E-state index is 0.100. The molecular formula is C10H14N2O2S. The second-order valence-corrected chi connectivity index (χ2v) is 5.54. The summed E-state index contributed by atoms with van der Waals surface area (Å²) in [6.45, 7) is 0. The molecule has 0 aromatic heterocycles. The van der Waals surface area contributed by atoms with E-state index in [1.807, 2.05) is 12.1 Å². The van der Waals surface area contributed by atoms with E-state index in [0.29, 0.717) is 6.04 Å². The third kappa shape index (κ3) is 3.53. The molecular weight excluding hydrogens is 212 g/mol. The summed E-state index contributed by atoms with van der Waals surface area (Å²) >= 11 is 0. The maximum absolute atomic E-state index is 10.8. The monoisotopic (exact) mass is 226 g/mol. The summed E-state index contributed by atoms with van der Waals surface area (Å²) in [6, 6.07) is 7.95. The maximum Gasteiger partial charge on any atom is 0.213 e. The first-order valence-corrected chi connectivity index (χ1v) is 6.60. The molecule has 0 bridgehead atoms. The molecule has 0 radical (unpaired) electrons. The average Bonchev–Trinajstić information content (AvgIpc) is 2.90. The smallest absolute Gasteiger partial charge is 0.213 e. The maximum atomic E-state index is 10.8. The van der Waals surface area contributed by atoms with Crippen molar-refractivity contribution in [3.05, 3.63) is 29.8 Å². The van der Waals surface area contributed by atoms with Crippen LogP contribution in [0.15, 0.2) is 24.3 Å². The van der Waals surface area contributed by atoms with Crippen molar-refractivity contribution >= 4 is 15.7 Å². The highest BCUT2D eigenvalue weighted by Gasteiger charge is 2.20. The molecule has 0 saturated heterocycles. The second-order valence-electron chi connectivity index (χ2n) is 3.92. The molecule has 1 aromatic carbocycles. The van der Waals surface area contributed by atoms with E-state index < -0.39 is 10.0 Å². The van der Waals surface area contributed by atoms with Crippen LogP contribution in [0.1, 0.15) is 18.4 Å². The van der Waals surface area contributed by atoms with Crippen LogP contribution in [-0.2, 0) is 15.8 Å². The van der Waals surface area contributed by atoms with Gasteiger partial charge in [0, 0.05) is 11.7 Å². The molecule has 0 heterocycles. The van der Waals surface area contributed by atoms with Gasteiger partial charge in [0.1, 0.15) is 0 Å². The topological polar surface area (TPSA) is 72.2 Å². The third-order valence-electron chi connectivity index (χ3n) is 2.27. The number of anilines is 1. The molecule has 0 unspecified atom stereocenters. The summed E-state index contributed by atoms with van der Waals surface area (Å²) in [6.07, 6.45) is 2.44. The van der Waals surface area contributed by atoms with Gasteiger partial charge in [0.2, 0.25) is 10.0 Å². The van der Waals surface area contributed by atoms with E-state index in [2.05, 4.69) is 5.32 Å². The van der Waals surface area contributed by atoms with Crippen LogP contribution < -0.4 is 10.5 Å². The van der Waals surface area contributed by atoms with Crippen LogP contribution in [0.5, 0.6) is 0 Å². The van der Waals surface area contributed by atoms with Gasteiger partial charge in [-0.05, 0) is 30.5 Å². The Kier molecular flexibility index (Phi) is 2.67. The van der Waals surface area contributed by atoms with E-state index in [9.17, 15) is 8.42 Å². The van der Waals surface area contributed by atoms with Crippen molar-refractivity contribution in [1.82, 2.24) is 0 Å². The summed E-state index contributed by atoms with van der Waals surface area (Å²) < 4.78 is 21.7. The lowest BCUT2D eigenvalue weighted by atomic mass is 10.2. The van der Waals surface area contributed by atoms with Crippen molar-refractivity contribution in [2.75, 3.05) is 5.32 Å². The molecule has 3 N–H and O–H groups in total. The molecule has 0 spiro atoms. The molecule has 0 aliphatic heterocycles. The van der Waals surface area contributed by atoms with E-state index in [0.717, 1.165) is 11.3 Å². The number of hydrogen-bond donors (Lipinski definition) is 2. The van der Waals surface area contributed by atoms with Crippen LogP contribution in [0.25, 0.3) is 0 Å². The summed E-state index contributed by atoms with van der Waals surface area (Å²) in [7, 11) is -3.42. The predicted molar refractivity (Wildman–Crippen MR) is 59.9 cm³/mol. The number of nitrogens with one attached hydrogen (secondary N) is 1. The second kappa shape index (κ2) is 3.83. The van der Waals surface area contributed by atoms with Gasteiger partial charge >= 0.3 is 0 Å². The molecule has 1 saturated carbocycles. The first-order valence-electron chi connectivity index (χ1n) is 4.89. The summed E-state index contributed by atoms with van der Waals surface area (Å²) in [5.41, 5.74) is 1.76. The van der Waals surface area contributed by atoms with E-state index in [-0.39, 0.29) is 5.75 Å². The fraction of sp³-hybridized carbons (Fsp3) is 0.400. The normalized spacial score (nSPS) is 16.3. The van der Waals surface area contributed by atoms with Gasteiger partial charge < -0.3 is 5.32 Å². The largest absolute Gasteiger partial charge is 0.382 e. The summed E-state index contributed by atoms with van der Waals surface area (Å²) in [4.78, 5) is 0. The summed E-state index contributed by atoms with van der Waals surface area (Å²) in [5.74, 6) is -0.100. The van der Waals surface area contributed by atoms with Crippen molar-refractivity contribution < 1.29 is 8.42 Å². The zero-order valence-corrected chi connectivity index (χ0v) is 9.13. The van der Waals surface area contributed by atoms with Crippen LogP contribution in [0.3, 0.4) is 0 Å². The van der Waals surface area contributed by atoms with Gasteiger partial charge in [0.05, 0.1) is 5.75 Å². The molecule has 82 valence electrons. The number of primary sulfonamides is 1. The molecule has 4 nitrogen and oxygen atoms in total. The minimum Gasteiger partial charge on any atom is -0.382 e. The highest BCUT2D eigenvalue weighted by Crippen LogP contribution is 2.24. The average molecular weight is 226 g/mol. The van der Waals surface area contributed by atoms with Crippen LogP contribution in [0.2, 0.25) is 0 Å². The van der Waals surface area contributed by atoms with Crippen molar-refractivity contribution in [2.45, 2.75) is 24.6 Å². The Labute approximate surface area is 89.5 Å². The van der Waals surface area contributed by atoms with Gasteiger partial charge in [-0.25, -0.2) is 13.6 Å². The van der Waals surface area contributed by atoms with Gasteiger partial charge in [0.25, 0.3) is 0 Å². The Hall–Kier alpha value is -1.07. The van der Waals surface area contributed by atoms with Gasteiger partial charge in [-0.3, -0.25) is 0 Å². The lowest BCUT2D eigenvalue weighted by Crippen LogP contribution is -2.14. The number of benzene rings is 1. The SMILES string of the molecule is NS(=O)(=O)Cc1ccc(NC2CC2)cc1. The fourth-order valence-corrected chi connectivity index (χ4v) is 2.05. The number of nitrogens with two attached hydrogens (primary N) is 1. The molecule has 15 heavy (non-hydrogen) atoms. The van der Waals surface area contributed by atoms with Gasteiger partial charge in [-0.1, -0.05) is 12.1 Å². The van der Waals surface area contributed by atoms with E-state index in [4.69, 9.17) is 5.14 Å². The predicted octanol–water partition coefficient (Wildman–Crippen LogP) is 1.05. The quantitative estimate of drug-likeness (QED) is 0.806. The number of rotatable bonds is 4. The van der Waals surface area contributed by atoms with Crippen molar-refractivity contribution in [1.29, 1.82) is 0 Å². The first-order chi connectivity index (χ1) is 7.03. The highest BCUT2D eigenvalue weighted by molar-refractivity contribution is 7.88. The Balaban J connectivity index is 2.02. The molecule has 1 aromatic rings. The van der Waals surface area contributed by atoms with E-state index >= 15 is 0 Å². The van der Waals surface area contributed by atoms with E-state index in [1.54, 1.807) is 12.1 Å². The molecule has 1 fully saturated rings. The Morgan fingerprint density at radius 3 is 2.33 bits per heavy atom. The molecule has 1 aliphatic rings. The molecule has 1 aliphatic carbocycles. The van der Waals surface area contributed by atoms with Crippen LogP contribution in [0, 0.1) is 0 Å². The Morgan fingerprint density at radius 1 is 1.27 bits per heavy atom. The van der Waals surface area contributed by atoms with Crippen molar-refractivity contribution in [3.8, 4) is 0 Å². The van der Waals surface area contributed by atoms with Gasteiger partial charge in [0.15, 0.2) is 0 Å². The molecule has 5 heteroatoms. The first kappa shape index (κ1) is 10.4. The molecule has 0 amide bonds. The summed E-state index contributed by atoms with van der Waals surface area (Å²) in [5, 5.41) is 8.28. The highest BCUT2D eigenvalue weighted by atomic mass is 32.2. The van der Waals surface area contributed by atoms with Crippen LogP contribution in [0.4, 0.5) is 5.69 Å². The lowest BCUT2D eigenvalue weighted by molar-refractivity contribution is 0.597. The van der Waals surface area contributed by atoms with Crippen molar-refractivity contribution in [2.24, 2.45) is 5.14 Å². The third-order valence-corrected chi connectivity index (χ3v) is 3.01. The van der Waals surface area contributed by atoms with Gasteiger partial charge in [-0.2, -0.15) is 0 Å². The number of sulfonamides is 1. The van der Waals surface area contributed by atoms with Crippen molar-refractivity contribution in [3.63, 3.8) is 0 Å². The van der Waals surface area contributed by atoms with Crippen LogP contribution >= 0.6 is 0 Å². The standard InChI is InChI=1S/C10H14N2O2S/c11-15(13,14)7-8-1-3-9(4-2-8)12-10-5-6-10/h1-4,10,12H,5-7H2,(H2,11,13,14). The van der Waals surface area contributed by atoms with Gasteiger partial charge in [-0.15, -0.1) is 0 Å². The zero-order valence-electron chi connectivity index (χ0n) is 8.31. The lowest BCUT2D eigenvalue weighted by Gasteiger charge is -2.05. The minimum atomic E-state index is -3.42. The van der Waals surface area contributed by atoms with Crippen LogP contribution in [-0.4, -0.2) is 14.5 Å². The molecule has 0 atom stereocenters. The molecule has 2 rings (SSSR count). The Morgan fingerprint density at radius 2 is 1.87 bits per heavy atom. The number of hydrogen-bond acceptors (Lipinski definition) is 3. The zero-order chi connectivity index (χ0) is 10.9. The fourth-order valence-electron chi connectivity index (χ4n) is 1.39.